The maximum atomic E-state index is 13.2. The molecule has 0 amide bonds. The minimum absolute atomic E-state index is 0.0436. The molecule has 0 spiro atoms. The number of hydrogen-bond acceptors (Lipinski definition) is 7. The molecule has 2 aromatic carbocycles. The predicted octanol–water partition coefficient (Wildman–Crippen LogP) is 0.841. The average molecular weight is 579 g/mol. The largest absolute Gasteiger partial charge is 0.493 e. The Kier molecular flexibility index (Phi) is 6.67. The van der Waals surface area contributed by atoms with Crippen LogP contribution >= 0.6 is 11.6 Å². The fraction of sp³-hybridized carbons (Fsp3) is 0.148. The lowest BCUT2D eigenvalue weighted by Gasteiger charge is -2.10. The number of aryl methyl sites for hydroxylation is 2. The Hall–Kier alpha value is -5.30. The van der Waals surface area contributed by atoms with Crippen molar-refractivity contribution in [2.75, 3.05) is 7.11 Å². The van der Waals surface area contributed by atoms with Crippen molar-refractivity contribution in [3.8, 4) is 23.2 Å². The molecule has 3 aromatic heterocycles. The Balaban J connectivity index is 1.55. The fourth-order valence-corrected chi connectivity index (χ4v) is 4.55. The number of halogens is 1. The molecule has 5 aromatic rings. The van der Waals surface area contributed by atoms with Gasteiger partial charge in [-0.15, -0.1) is 0 Å². The smallest absolute Gasteiger partial charge is 0.337 e. The van der Waals surface area contributed by atoms with Gasteiger partial charge in [0.05, 0.1) is 34.0 Å². The van der Waals surface area contributed by atoms with Gasteiger partial charge in [0.2, 0.25) is 0 Å². The number of ether oxygens (including phenoxy) is 2. The third-order valence-corrected chi connectivity index (χ3v) is 6.91. The molecule has 0 aliphatic carbocycles. The zero-order valence-electron chi connectivity index (χ0n) is 22.3. The average Bonchev–Trinajstić information content (AvgIpc) is 3.42. The summed E-state index contributed by atoms with van der Waals surface area (Å²) in [6, 6.07) is 9.17. The van der Waals surface area contributed by atoms with Crippen LogP contribution in [0.3, 0.4) is 0 Å². The van der Waals surface area contributed by atoms with E-state index in [2.05, 4.69) is 16.7 Å². The van der Waals surface area contributed by atoms with Gasteiger partial charge in [-0.1, -0.05) is 24.2 Å². The van der Waals surface area contributed by atoms with Crippen molar-refractivity contribution in [3.05, 3.63) is 94.3 Å². The van der Waals surface area contributed by atoms with E-state index in [1.165, 1.54) is 53.2 Å². The lowest BCUT2D eigenvalue weighted by molar-refractivity contribution is 0.0697. The van der Waals surface area contributed by atoms with E-state index in [9.17, 15) is 24.3 Å². The number of imidazole rings is 1. The first-order chi connectivity index (χ1) is 19.4. The molecule has 3 heterocycles. The summed E-state index contributed by atoms with van der Waals surface area (Å²) >= 11 is 5.96. The number of aromatic amines is 1. The van der Waals surface area contributed by atoms with Gasteiger partial charge >= 0.3 is 17.7 Å². The van der Waals surface area contributed by atoms with Crippen LogP contribution in [0.15, 0.2) is 50.8 Å². The van der Waals surface area contributed by atoms with E-state index in [-0.39, 0.29) is 44.4 Å². The van der Waals surface area contributed by atoms with E-state index in [1.807, 2.05) is 0 Å². The molecule has 0 aliphatic heterocycles. The summed E-state index contributed by atoms with van der Waals surface area (Å²) in [7, 11) is 5.93. The monoisotopic (exact) mass is 578 g/mol. The zero-order chi connectivity index (χ0) is 29.7. The quantitative estimate of drug-likeness (QED) is 0.300. The van der Waals surface area contributed by atoms with Gasteiger partial charge in [0.1, 0.15) is 0 Å². The molecule has 210 valence electrons. The topological polar surface area (TPSA) is 155 Å². The van der Waals surface area contributed by atoms with Crippen LogP contribution in [0.5, 0.6) is 17.5 Å². The molecule has 0 unspecified atom stereocenters. The Labute approximate surface area is 235 Å². The van der Waals surface area contributed by atoms with E-state index in [1.54, 1.807) is 31.3 Å². The van der Waals surface area contributed by atoms with Crippen LogP contribution in [0, 0.1) is 0 Å². The standard InChI is InChI=1S/C27H23ClN6O7/c1-13-16(23(35)34(30-13)15-7-8-18(28)17(12-15)25(37)38)10-14-6-9-19(20(11-14)40-5)41-26-29-22-21(31(26)2)24(36)33(4)27(39)32(22)3/h6-12,30H,1H2,2-5H3,(H,37,38)/b16-10-. The number of benzene rings is 2. The van der Waals surface area contributed by atoms with Gasteiger partial charge in [-0.05, 0) is 42.0 Å². The van der Waals surface area contributed by atoms with Crippen molar-refractivity contribution in [2.24, 2.45) is 21.1 Å². The van der Waals surface area contributed by atoms with Crippen LogP contribution in [0.1, 0.15) is 15.9 Å². The number of aromatic nitrogens is 6. The molecule has 14 heteroatoms. The second-order valence-electron chi connectivity index (χ2n) is 9.10. The van der Waals surface area contributed by atoms with Crippen LogP contribution in [0.4, 0.5) is 0 Å². The van der Waals surface area contributed by atoms with Crippen LogP contribution in [0.2, 0.25) is 5.02 Å². The van der Waals surface area contributed by atoms with Crippen molar-refractivity contribution >= 4 is 41.4 Å². The molecule has 0 fully saturated rings. The number of carbonyl (C=O) groups is 1. The van der Waals surface area contributed by atoms with Crippen molar-refractivity contribution in [1.29, 1.82) is 0 Å². The van der Waals surface area contributed by atoms with E-state index in [4.69, 9.17) is 21.1 Å². The van der Waals surface area contributed by atoms with Crippen molar-refractivity contribution in [2.45, 2.75) is 0 Å². The molecule has 0 atom stereocenters. The molecule has 5 rings (SSSR count). The zero-order valence-corrected chi connectivity index (χ0v) is 23.0. The highest BCUT2D eigenvalue weighted by atomic mass is 35.5. The molecule has 0 bridgehead atoms. The van der Waals surface area contributed by atoms with Gasteiger partial charge in [-0.2, -0.15) is 4.98 Å². The summed E-state index contributed by atoms with van der Waals surface area (Å²) in [4.78, 5) is 54.0. The summed E-state index contributed by atoms with van der Waals surface area (Å²) in [5.74, 6) is -0.649. The summed E-state index contributed by atoms with van der Waals surface area (Å²) in [5, 5.41) is 12.8. The maximum absolute atomic E-state index is 13.2. The first-order valence-corrected chi connectivity index (χ1v) is 12.3. The van der Waals surface area contributed by atoms with Crippen molar-refractivity contribution < 1.29 is 19.4 Å². The van der Waals surface area contributed by atoms with E-state index >= 15 is 0 Å². The third-order valence-electron chi connectivity index (χ3n) is 6.58. The van der Waals surface area contributed by atoms with E-state index in [0.29, 0.717) is 16.7 Å². The molecule has 0 saturated heterocycles. The van der Waals surface area contributed by atoms with Crippen LogP contribution in [0.25, 0.3) is 29.5 Å². The molecule has 0 saturated carbocycles. The second kappa shape index (κ2) is 10.0. The number of nitrogens with one attached hydrogen (secondary N) is 1. The summed E-state index contributed by atoms with van der Waals surface area (Å²) in [6.07, 6.45) is 1.59. The Morgan fingerprint density at radius 1 is 1.02 bits per heavy atom. The SMILES string of the molecule is C=c1[nH]n(-c2ccc(Cl)c(C(=O)O)c2)c(=O)/c1=C\c1ccc(Oc2nc3c(c(=O)n(C)c(=O)n3C)n2C)c(OC)c1. The molecule has 0 radical (unpaired) electrons. The highest BCUT2D eigenvalue weighted by Gasteiger charge is 2.19. The highest BCUT2D eigenvalue weighted by Crippen LogP contribution is 2.32. The van der Waals surface area contributed by atoms with Gasteiger partial charge in [-0.3, -0.25) is 28.4 Å². The summed E-state index contributed by atoms with van der Waals surface area (Å²) < 4.78 is 16.3. The van der Waals surface area contributed by atoms with Crippen LogP contribution in [-0.2, 0) is 21.1 Å². The summed E-state index contributed by atoms with van der Waals surface area (Å²) in [5.41, 5.74) is -0.423. The third kappa shape index (κ3) is 4.51. The Bertz CT molecular complexity index is 2190. The number of H-pyrrole nitrogens is 1. The Morgan fingerprint density at radius 3 is 2.44 bits per heavy atom. The van der Waals surface area contributed by atoms with Crippen molar-refractivity contribution in [1.82, 2.24) is 28.5 Å². The Morgan fingerprint density at radius 2 is 1.76 bits per heavy atom. The van der Waals surface area contributed by atoms with Gasteiger partial charge in [0.15, 0.2) is 22.7 Å². The van der Waals surface area contributed by atoms with Gasteiger partial charge in [0, 0.05) is 21.1 Å². The highest BCUT2D eigenvalue weighted by molar-refractivity contribution is 6.33. The minimum atomic E-state index is -1.22. The number of nitrogens with zero attached hydrogens (tertiary/aromatic N) is 5. The first kappa shape index (κ1) is 27.3. The molecular formula is C27H23ClN6O7. The maximum Gasteiger partial charge on any atom is 0.337 e. The summed E-state index contributed by atoms with van der Waals surface area (Å²) in [6.45, 7) is 3.90. The molecular weight excluding hydrogens is 556 g/mol. The lowest BCUT2D eigenvalue weighted by Crippen LogP contribution is -2.37. The molecule has 2 N–H and O–H groups in total. The van der Waals surface area contributed by atoms with Crippen molar-refractivity contribution in [3.63, 3.8) is 0 Å². The lowest BCUT2D eigenvalue weighted by atomic mass is 10.1. The number of methoxy groups -OCH3 is 1. The number of fused-ring (bicyclic) bond motifs is 1. The molecule has 41 heavy (non-hydrogen) atoms. The van der Waals surface area contributed by atoms with E-state index in [0.717, 1.165) is 4.57 Å². The van der Waals surface area contributed by atoms with Crippen LogP contribution in [-0.4, -0.2) is 46.7 Å². The second-order valence-corrected chi connectivity index (χ2v) is 9.51. The molecule has 0 aliphatic rings. The fourth-order valence-electron chi connectivity index (χ4n) is 4.36. The van der Waals surface area contributed by atoms with Gasteiger partial charge < -0.3 is 14.6 Å². The number of hydrogen-bond donors (Lipinski definition) is 2. The normalized spacial score (nSPS) is 11.8. The predicted molar refractivity (Wildman–Crippen MR) is 151 cm³/mol. The number of rotatable bonds is 6. The minimum Gasteiger partial charge on any atom is -0.493 e. The molecule has 13 nitrogen and oxygen atoms in total. The van der Waals surface area contributed by atoms with E-state index < -0.39 is 22.8 Å². The number of aromatic carboxylic acids is 1. The number of carboxylic acids is 1. The van der Waals surface area contributed by atoms with Gasteiger partial charge in [-0.25, -0.2) is 14.3 Å². The number of carboxylic acid groups (broad SMARTS) is 1. The van der Waals surface area contributed by atoms with Crippen LogP contribution < -0.4 is 36.8 Å². The van der Waals surface area contributed by atoms with Gasteiger partial charge in [0.25, 0.3) is 11.1 Å². The first-order valence-electron chi connectivity index (χ1n) is 12.0.